The highest BCUT2D eigenvalue weighted by molar-refractivity contribution is 5.34. The highest BCUT2D eigenvalue weighted by Gasteiger charge is 2.50. The van der Waals surface area contributed by atoms with Crippen molar-refractivity contribution in [2.45, 2.75) is 114 Å². The molecular formula is C37H42F10O2. The molecule has 3 saturated carbocycles. The minimum absolute atomic E-state index is 0.0294. The Balaban J connectivity index is 1.13. The van der Waals surface area contributed by atoms with Crippen LogP contribution in [0.2, 0.25) is 0 Å². The molecule has 3 aliphatic carbocycles. The Morgan fingerprint density at radius 1 is 0.633 bits per heavy atom. The van der Waals surface area contributed by atoms with Gasteiger partial charge in [-0.3, -0.25) is 0 Å². The standard InChI is InChI=1S/C37H42F10O2/c1-2-3-4-22-5-7-23(8-6-22)24-9-11-25(12-10-24)26-13-15-27(16-14-26)28-17-18-30(31(38)19-28)35(41,42)48-29-20-32(39)34(33(40)21-29)36(43,44)49-37(45,46)47/h2,17-27H,1,3-16H2. The molecule has 0 heterocycles. The second kappa shape index (κ2) is 15.2. The first kappa shape index (κ1) is 37.5. The molecule has 5 rings (SSSR count). The lowest BCUT2D eigenvalue weighted by Gasteiger charge is -2.41. The molecule has 0 amide bonds. The topological polar surface area (TPSA) is 18.5 Å². The molecule has 2 nitrogen and oxygen atoms in total. The number of alkyl halides is 7. The smallest absolute Gasteiger partial charge is 0.429 e. The van der Waals surface area contributed by atoms with Crippen LogP contribution in [0.4, 0.5) is 43.9 Å². The van der Waals surface area contributed by atoms with Crippen LogP contribution in [0.1, 0.15) is 112 Å². The molecule has 3 fully saturated rings. The van der Waals surface area contributed by atoms with Crippen LogP contribution in [0.25, 0.3) is 0 Å². The van der Waals surface area contributed by atoms with E-state index in [0.29, 0.717) is 17.4 Å². The molecule has 0 aromatic heterocycles. The summed E-state index contributed by atoms with van der Waals surface area (Å²) >= 11 is 0. The van der Waals surface area contributed by atoms with Crippen LogP contribution >= 0.6 is 0 Å². The van der Waals surface area contributed by atoms with Crippen LogP contribution in [0.5, 0.6) is 5.75 Å². The lowest BCUT2D eigenvalue weighted by atomic mass is 9.64. The molecule has 12 heteroatoms. The summed E-state index contributed by atoms with van der Waals surface area (Å²) in [6, 6.07) is 2.81. The Morgan fingerprint density at radius 3 is 1.59 bits per heavy atom. The van der Waals surface area contributed by atoms with Gasteiger partial charge in [-0.25, -0.2) is 17.9 Å². The zero-order valence-corrected chi connectivity index (χ0v) is 27.1. The molecule has 0 spiro atoms. The molecule has 2 aromatic carbocycles. The molecule has 0 saturated heterocycles. The minimum Gasteiger partial charge on any atom is -0.429 e. The molecule has 0 aliphatic heterocycles. The summed E-state index contributed by atoms with van der Waals surface area (Å²) < 4.78 is 144. The lowest BCUT2D eigenvalue weighted by Crippen LogP contribution is -2.30. The normalized spacial score (nSPS) is 27.1. The monoisotopic (exact) mass is 708 g/mol. The summed E-state index contributed by atoms with van der Waals surface area (Å²) in [4.78, 5) is 0. The van der Waals surface area contributed by atoms with E-state index in [1.54, 1.807) is 0 Å². The van der Waals surface area contributed by atoms with Crippen molar-refractivity contribution < 1.29 is 53.4 Å². The van der Waals surface area contributed by atoms with Crippen molar-refractivity contribution in [3.8, 4) is 5.75 Å². The van der Waals surface area contributed by atoms with Crippen LogP contribution < -0.4 is 4.74 Å². The van der Waals surface area contributed by atoms with Crippen molar-refractivity contribution >= 4 is 0 Å². The van der Waals surface area contributed by atoms with Gasteiger partial charge in [-0.05, 0) is 130 Å². The van der Waals surface area contributed by atoms with E-state index in [0.717, 1.165) is 62.0 Å². The molecule has 49 heavy (non-hydrogen) atoms. The van der Waals surface area contributed by atoms with Gasteiger partial charge in [0.05, 0.1) is 5.56 Å². The fraction of sp³-hybridized carbons (Fsp3) is 0.622. The maximum atomic E-state index is 15.0. The third-order valence-electron chi connectivity index (χ3n) is 11.2. The molecule has 0 bridgehead atoms. The lowest BCUT2D eigenvalue weighted by molar-refractivity contribution is -0.432. The molecule has 0 N–H and O–H groups in total. The van der Waals surface area contributed by atoms with Crippen LogP contribution in [-0.4, -0.2) is 6.36 Å². The van der Waals surface area contributed by atoms with Gasteiger partial charge in [-0.2, -0.15) is 17.6 Å². The zero-order chi connectivity index (χ0) is 35.6. The largest absolute Gasteiger partial charge is 0.527 e. The zero-order valence-electron chi connectivity index (χ0n) is 27.1. The Hall–Kier alpha value is -2.76. The van der Waals surface area contributed by atoms with Crippen LogP contribution in [-0.2, 0) is 17.0 Å². The molecule has 2 aromatic rings. The first-order valence-electron chi connectivity index (χ1n) is 17.2. The highest BCUT2D eigenvalue weighted by atomic mass is 19.4. The third-order valence-corrected chi connectivity index (χ3v) is 11.2. The van der Waals surface area contributed by atoms with Gasteiger partial charge in [0.2, 0.25) is 0 Å². The van der Waals surface area contributed by atoms with Crippen molar-refractivity contribution in [2.24, 2.45) is 29.6 Å². The summed E-state index contributed by atoms with van der Waals surface area (Å²) in [6.45, 7) is 3.84. The Morgan fingerprint density at radius 2 is 1.12 bits per heavy atom. The van der Waals surface area contributed by atoms with Crippen LogP contribution in [0.3, 0.4) is 0 Å². The van der Waals surface area contributed by atoms with Gasteiger partial charge in [0, 0.05) is 12.1 Å². The average molecular weight is 709 g/mol. The third kappa shape index (κ3) is 9.33. The number of hydrogen-bond donors (Lipinski definition) is 0. The van der Waals surface area contributed by atoms with Gasteiger partial charge >= 0.3 is 18.6 Å². The second-order valence-corrected chi connectivity index (χ2v) is 14.1. The van der Waals surface area contributed by atoms with Crippen LogP contribution in [0.15, 0.2) is 43.0 Å². The van der Waals surface area contributed by atoms with Crippen molar-refractivity contribution in [3.05, 3.63) is 77.1 Å². The highest BCUT2D eigenvalue weighted by Crippen LogP contribution is 2.48. The van der Waals surface area contributed by atoms with Crippen molar-refractivity contribution in [3.63, 3.8) is 0 Å². The summed E-state index contributed by atoms with van der Waals surface area (Å²) in [7, 11) is 0. The summed E-state index contributed by atoms with van der Waals surface area (Å²) in [6.07, 6.45) is 2.28. The number of rotatable bonds is 11. The second-order valence-electron chi connectivity index (χ2n) is 14.1. The van der Waals surface area contributed by atoms with E-state index >= 15 is 4.39 Å². The van der Waals surface area contributed by atoms with Gasteiger partial charge < -0.3 is 4.74 Å². The number of halogens is 10. The van der Waals surface area contributed by atoms with Crippen LogP contribution in [0, 0.1) is 47.0 Å². The van der Waals surface area contributed by atoms with Gasteiger partial charge in [0.15, 0.2) is 0 Å². The van der Waals surface area contributed by atoms with Crippen molar-refractivity contribution in [2.75, 3.05) is 0 Å². The minimum atomic E-state index is -5.96. The predicted octanol–water partition coefficient (Wildman–Crippen LogP) is 12.7. The first-order chi connectivity index (χ1) is 23.1. The van der Waals surface area contributed by atoms with Crippen molar-refractivity contribution in [1.82, 2.24) is 0 Å². The van der Waals surface area contributed by atoms with E-state index in [2.05, 4.69) is 16.1 Å². The molecule has 0 atom stereocenters. The quantitative estimate of drug-likeness (QED) is 0.171. The van der Waals surface area contributed by atoms with Gasteiger partial charge in [0.25, 0.3) is 0 Å². The summed E-state index contributed by atoms with van der Waals surface area (Å²) in [5.41, 5.74) is -3.18. The van der Waals surface area contributed by atoms with E-state index in [9.17, 15) is 39.5 Å². The molecule has 3 aliphatic rings. The number of hydrogen-bond acceptors (Lipinski definition) is 2. The number of benzene rings is 2. The first-order valence-corrected chi connectivity index (χ1v) is 17.2. The fourth-order valence-corrected chi connectivity index (χ4v) is 8.62. The maximum Gasteiger partial charge on any atom is 0.527 e. The number of ether oxygens (including phenoxy) is 2. The van der Waals surface area contributed by atoms with E-state index in [-0.39, 0.29) is 18.1 Å². The SMILES string of the molecule is C=CCCC1CCC(C2CCC(C3CCC(c4ccc(C(F)(F)Oc5cc(F)c(C(F)(F)OC(F)(F)F)c(F)c5)c(F)c4)CC3)CC2)CC1. The summed E-state index contributed by atoms with van der Waals surface area (Å²) in [5, 5.41) is 0. The Bertz CT molecular complexity index is 1390. The van der Waals surface area contributed by atoms with E-state index in [1.807, 2.05) is 6.08 Å². The fourth-order valence-electron chi connectivity index (χ4n) is 8.62. The Labute approximate surface area is 280 Å². The van der Waals surface area contributed by atoms with E-state index in [1.165, 1.54) is 63.9 Å². The summed E-state index contributed by atoms with van der Waals surface area (Å²) in [5.74, 6) is -3.63. The van der Waals surface area contributed by atoms with E-state index < -0.39 is 52.9 Å². The molecule has 0 unspecified atom stereocenters. The van der Waals surface area contributed by atoms with Crippen molar-refractivity contribution in [1.29, 1.82) is 0 Å². The van der Waals surface area contributed by atoms with Gasteiger partial charge in [-0.15, -0.1) is 19.8 Å². The molecular weight excluding hydrogens is 666 g/mol. The molecule has 272 valence electrons. The average Bonchev–Trinajstić information content (AvgIpc) is 3.02. The Kier molecular flexibility index (Phi) is 11.7. The van der Waals surface area contributed by atoms with Gasteiger partial charge in [-0.1, -0.05) is 25.0 Å². The predicted molar refractivity (Wildman–Crippen MR) is 163 cm³/mol. The molecule has 0 radical (unpaired) electrons. The van der Waals surface area contributed by atoms with Gasteiger partial charge in [0.1, 0.15) is 28.8 Å². The maximum absolute atomic E-state index is 15.0. The number of allylic oxidation sites excluding steroid dienone is 1. The van der Waals surface area contributed by atoms with E-state index in [4.69, 9.17) is 0 Å².